The molecule has 0 saturated carbocycles. The Morgan fingerprint density at radius 1 is 1.10 bits per heavy atom. The van der Waals surface area contributed by atoms with E-state index < -0.39 is 5.95 Å². The summed E-state index contributed by atoms with van der Waals surface area (Å²) in [5.74, 6) is -0.273. The van der Waals surface area contributed by atoms with Gasteiger partial charge in [-0.2, -0.15) is 4.39 Å². The molecule has 0 spiro atoms. The third-order valence-corrected chi connectivity index (χ3v) is 3.16. The standard InChI is InChI=1S/C16H18F2N2/c1-2-3-5-14(12-8-10-13(17)11-9-12)19-16-7-4-6-15(18)20-16/h4,6-11,14H,2-3,5H2,1H3,(H,19,20). The summed E-state index contributed by atoms with van der Waals surface area (Å²) in [5, 5.41) is 3.22. The first-order valence-corrected chi connectivity index (χ1v) is 6.83. The third-order valence-electron chi connectivity index (χ3n) is 3.16. The van der Waals surface area contributed by atoms with Crippen LogP contribution in [0.25, 0.3) is 0 Å². The summed E-state index contributed by atoms with van der Waals surface area (Å²) in [5.41, 5.74) is 0.978. The van der Waals surface area contributed by atoms with Crippen molar-refractivity contribution in [1.29, 1.82) is 0 Å². The lowest BCUT2D eigenvalue weighted by Gasteiger charge is -2.19. The number of nitrogens with one attached hydrogen (secondary N) is 1. The number of rotatable bonds is 6. The van der Waals surface area contributed by atoms with E-state index in [1.54, 1.807) is 24.3 Å². The van der Waals surface area contributed by atoms with Gasteiger partial charge in [0.15, 0.2) is 0 Å². The zero-order valence-electron chi connectivity index (χ0n) is 11.4. The largest absolute Gasteiger partial charge is 0.363 e. The van der Waals surface area contributed by atoms with Crippen molar-refractivity contribution >= 4 is 5.82 Å². The topological polar surface area (TPSA) is 24.9 Å². The quantitative estimate of drug-likeness (QED) is 0.773. The van der Waals surface area contributed by atoms with Gasteiger partial charge in [-0.15, -0.1) is 0 Å². The Morgan fingerprint density at radius 2 is 1.85 bits per heavy atom. The molecule has 0 aliphatic rings. The van der Waals surface area contributed by atoms with E-state index >= 15 is 0 Å². The van der Waals surface area contributed by atoms with Crippen molar-refractivity contribution in [1.82, 2.24) is 4.98 Å². The molecular formula is C16H18F2N2. The molecule has 1 N–H and O–H groups in total. The van der Waals surface area contributed by atoms with Crippen LogP contribution in [0.4, 0.5) is 14.6 Å². The summed E-state index contributed by atoms with van der Waals surface area (Å²) in [4.78, 5) is 3.81. The van der Waals surface area contributed by atoms with Crippen LogP contribution in [0.15, 0.2) is 42.5 Å². The first-order valence-electron chi connectivity index (χ1n) is 6.83. The van der Waals surface area contributed by atoms with E-state index in [4.69, 9.17) is 0 Å². The molecule has 2 rings (SSSR count). The monoisotopic (exact) mass is 276 g/mol. The fourth-order valence-electron chi connectivity index (χ4n) is 2.09. The third kappa shape index (κ3) is 4.02. The van der Waals surface area contributed by atoms with Gasteiger partial charge in [0.2, 0.25) is 5.95 Å². The van der Waals surface area contributed by atoms with Gasteiger partial charge in [0.1, 0.15) is 11.6 Å². The molecule has 106 valence electrons. The molecule has 1 aromatic heterocycles. The van der Waals surface area contributed by atoms with Crippen LogP contribution >= 0.6 is 0 Å². The summed E-state index contributed by atoms with van der Waals surface area (Å²) in [6.07, 6.45) is 2.99. The summed E-state index contributed by atoms with van der Waals surface area (Å²) >= 11 is 0. The summed E-state index contributed by atoms with van der Waals surface area (Å²) in [6.45, 7) is 2.11. The van der Waals surface area contributed by atoms with E-state index in [-0.39, 0.29) is 11.9 Å². The first-order chi connectivity index (χ1) is 9.69. The molecule has 1 aromatic carbocycles. The fraction of sp³-hybridized carbons (Fsp3) is 0.312. The molecule has 1 atom stereocenters. The second kappa shape index (κ2) is 6.98. The van der Waals surface area contributed by atoms with Crippen LogP contribution in [0.1, 0.15) is 37.8 Å². The number of benzene rings is 1. The smallest absolute Gasteiger partial charge is 0.214 e. The zero-order chi connectivity index (χ0) is 14.4. The second-order valence-electron chi connectivity index (χ2n) is 4.74. The van der Waals surface area contributed by atoms with Crippen LogP contribution in [0, 0.1) is 11.8 Å². The Kier molecular flexibility index (Phi) is 5.04. The van der Waals surface area contributed by atoms with Crippen molar-refractivity contribution in [3.8, 4) is 0 Å². The first kappa shape index (κ1) is 14.4. The normalized spacial score (nSPS) is 12.2. The Bertz CT molecular complexity index is 540. The highest BCUT2D eigenvalue weighted by Crippen LogP contribution is 2.24. The van der Waals surface area contributed by atoms with E-state index in [0.717, 1.165) is 24.8 Å². The maximum absolute atomic E-state index is 13.1. The minimum Gasteiger partial charge on any atom is -0.363 e. The summed E-state index contributed by atoms with van der Waals surface area (Å²) < 4.78 is 26.1. The highest BCUT2D eigenvalue weighted by Gasteiger charge is 2.12. The van der Waals surface area contributed by atoms with Crippen molar-refractivity contribution in [3.63, 3.8) is 0 Å². The average molecular weight is 276 g/mol. The SMILES string of the molecule is CCCCC(Nc1cccc(F)n1)c1ccc(F)cc1. The molecule has 1 unspecified atom stereocenters. The molecule has 2 aromatic rings. The van der Waals surface area contributed by atoms with Crippen molar-refractivity contribution in [2.75, 3.05) is 5.32 Å². The minimum atomic E-state index is -0.511. The molecular weight excluding hydrogens is 258 g/mol. The van der Waals surface area contributed by atoms with Crippen molar-refractivity contribution < 1.29 is 8.78 Å². The Morgan fingerprint density at radius 3 is 2.50 bits per heavy atom. The van der Waals surface area contributed by atoms with Crippen molar-refractivity contribution in [2.24, 2.45) is 0 Å². The maximum Gasteiger partial charge on any atom is 0.214 e. The minimum absolute atomic E-state index is 0.00449. The van der Waals surface area contributed by atoms with Crippen LogP contribution < -0.4 is 5.32 Å². The van der Waals surface area contributed by atoms with Gasteiger partial charge in [0.25, 0.3) is 0 Å². The molecule has 1 heterocycles. The van der Waals surface area contributed by atoms with Crippen molar-refractivity contribution in [2.45, 2.75) is 32.2 Å². The van der Waals surface area contributed by atoms with E-state index in [9.17, 15) is 8.78 Å². The number of halogens is 2. The Labute approximate surface area is 117 Å². The van der Waals surface area contributed by atoms with Gasteiger partial charge in [-0.05, 0) is 36.2 Å². The molecule has 0 aliphatic heterocycles. The molecule has 0 radical (unpaired) electrons. The Balaban J connectivity index is 2.16. The van der Waals surface area contributed by atoms with Crippen LogP contribution in [-0.4, -0.2) is 4.98 Å². The lowest BCUT2D eigenvalue weighted by Crippen LogP contribution is -2.12. The lowest BCUT2D eigenvalue weighted by molar-refractivity contribution is 0.580. The number of nitrogens with zero attached hydrogens (tertiary/aromatic N) is 1. The summed E-state index contributed by atoms with van der Waals surface area (Å²) in [7, 11) is 0. The van der Waals surface area contributed by atoms with Gasteiger partial charge in [-0.1, -0.05) is 38.0 Å². The van der Waals surface area contributed by atoms with E-state index in [2.05, 4.69) is 17.2 Å². The van der Waals surface area contributed by atoms with Crippen LogP contribution in [0.3, 0.4) is 0 Å². The zero-order valence-corrected chi connectivity index (χ0v) is 11.4. The van der Waals surface area contributed by atoms with E-state index in [0.29, 0.717) is 5.82 Å². The van der Waals surface area contributed by atoms with E-state index in [1.807, 2.05) is 0 Å². The van der Waals surface area contributed by atoms with Gasteiger partial charge < -0.3 is 5.32 Å². The molecule has 20 heavy (non-hydrogen) atoms. The number of unbranched alkanes of at least 4 members (excludes halogenated alkanes) is 1. The second-order valence-corrected chi connectivity index (χ2v) is 4.74. The van der Waals surface area contributed by atoms with Gasteiger partial charge in [0, 0.05) is 0 Å². The Hall–Kier alpha value is -1.97. The maximum atomic E-state index is 13.1. The number of aromatic nitrogens is 1. The van der Waals surface area contributed by atoms with Crippen LogP contribution in [0.5, 0.6) is 0 Å². The molecule has 0 saturated heterocycles. The molecule has 2 nitrogen and oxygen atoms in total. The highest BCUT2D eigenvalue weighted by atomic mass is 19.1. The average Bonchev–Trinajstić information content (AvgIpc) is 2.44. The predicted octanol–water partition coefficient (Wildman–Crippen LogP) is 4.70. The van der Waals surface area contributed by atoms with Crippen molar-refractivity contribution in [3.05, 3.63) is 59.8 Å². The van der Waals surface area contributed by atoms with Crippen LogP contribution in [0.2, 0.25) is 0 Å². The highest BCUT2D eigenvalue weighted by molar-refractivity contribution is 5.38. The molecule has 0 aliphatic carbocycles. The number of anilines is 1. The predicted molar refractivity (Wildman–Crippen MR) is 76.5 cm³/mol. The lowest BCUT2D eigenvalue weighted by atomic mass is 10.0. The molecule has 4 heteroatoms. The van der Waals surface area contributed by atoms with Gasteiger partial charge >= 0.3 is 0 Å². The van der Waals surface area contributed by atoms with Crippen LogP contribution in [-0.2, 0) is 0 Å². The van der Waals surface area contributed by atoms with Gasteiger partial charge in [-0.25, -0.2) is 9.37 Å². The molecule has 0 bridgehead atoms. The van der Waals surface area contributed by atoms with E-state index in [1.165, 1.54) is 18.2 Å². The molecule has 0 amide bonds. The molecule has 0 fully saturated rings. The number of hydrogen-bond acceptors (Lipinski definition) is 2. The fourth-order valence-corrected chi connectivity index (χ4v) is 2.09. The number of hydrogen-bond donors (Lipinski definition) is 1. The number of pyridine rings is 1. The van der Waals surface area contributed by atoms with Gasteiger partial charge in [-0.3, -0.25) is 0 Å². The summed E-state index contributed by atoms with van der Waals surface area (Å²) in [6, 6.07) is 11.0. The van der Waals surface area contributed by atoms with Gasteiger partial charge in [0.05, 0.1) is 6.04 Å².